The molecule has 2 unspecified atom stereocenters. The second-order valence-electron chi connectivity index (χ2n) is 4.90. The van der Waals surface area contributed by atoms with Crippen LogP contribution in [-0.4, -0.2) is 13.4 Å². The van der Waals surface area contributed by atoms with Crippen LogP contribution in [0.2, 0.25) is 0 Å². The standard InChI is InChI=1S/C9H6F3O2.C8H16.CH3.3W/c1-14-8-4-7(9(10,11)12)3-2-6(8)5-13;1-5-7(3)8(4)6-2;;;;/h2-4H,1H3;5-8H,1-4H3;1H3;;;/q-1;-2;-1;;2*+2. The minimum Gasteiger partial charge on any atom is -0.553 e. The number of hydrogen-bond donors (Lipinski definition) is 0. The Morgan fingerprint density at radius 1 is 1.08 bits per heavy atom. The van der Waals surface area contributed by atoms with Crippen molar-refractivity contribution in [3.05, 3.63) is 49.6 Å². The van der Waals surface area contributed by atoms with Gasteiger partial charge in [-0.3, -0.25) is 0 Å². The normalized spacial score (nSPS) is 11.5. The summed E-state index contributed by atoms with van der Waals surface area (Å²) >= 11 is 0. The number of halogens is 3. The summed E-state index contributed by atoms with van der Waals surface area (Å²) in [5.41, 5.74) is -0.881. The predicted octanol–water partition coefficient (Wildman–Crippen LogP) is 5.32. The third-order valence-electron chi connectivity index (χ3n) is 3.52. The molecule has 26 heavy (non-hydrogen) atoms. The topological polar surface area (TPSA) is 26.3 Å². The molecular formula is C18H25F3O2W3. The van der Waals surface area contributed by atoms with Gasteiger partial charge in [0.25, 0.3) is 0 Å². The molecule has 0 aliphatic rings. The molecule has 148 valence electrons. The van der Waals surface area contributed by atoms with Gasteiger partial charge in [0.1, 0.15) is 0 Å². The molecule has 0 amide bonds. The summed E-state index contributed by atoms with van der Waals surface area (Å²) in [6.07, 6.45) is 1.53. The van der Waals surface area contributed by atoms with Crippen molar-refractivity contribution in [2.45, 2.75) is 33.9 Å². The molecule has 0 aromatic heterocycles. The van der Waals surface area contributed by atoms with Crippen molar-refractivity contribution in [3.63, 3.8) is 0 Å². The molecule has 0 saturated heterocycles. The Morgan fingerprint density at radius 2 is 1.50 bits per heavy atom. The Hall–Kier alpha value is 0.545. The third-order valence-corrected chi connectivity index (χ3v) is 3.52. The van der Waals surface area contributed by atoms with E-state index < -0.39 is 11.7 Å². The molecule has 0 bridgehead atoms. The number of carbonyl (C=O) groups excluding carboxylic acids is 1. The average molecular weight is 882 g/mol. The van der Waals surface area contributed by atoms with Gasteiger partial charge in [-0.1, -0.05) is 19.9 Å². The number of hydrogen-bond acceptors (Lipinski definition) is 2. The van der Waals surface area contributed by atoms with Crippen LogP contribution in [0, 0.1) is 32.1 Å². The molecule has 0 N–H and O–H groups in total. The Morgan fingerprint density at radius 3 is 1.77 bits per heavy atom. The summed E-state index contributed by atoms with van der Waals surface area (Å²) in [6, 6.07) is 2.59. The zero-order chi connectivity index (χ0) is 17.3. The summed E-state index contributed by atoms with van der Waals surface area (Å²) in [7, 11) is 1.19. The molecule has 1 aromatic rings. The molecule has 1 aromatic carbocycles. The van der Waals surface area contributed by atoms with Gasteiger partial charge in [-0.2, -0.15) is 44.9 Å². The van der Waals surface area contributed by atoms with Crippen LogP contribution >= 0.6 is 0 Å². The van der Waals surface area contributed by atoms with E-state index in [2.05, 4.69) is 45.3 Å². The molecule has 0 aliphatic carbocycles. The first-order valence-corrected chi connectivity index (χ1v) is 6.93. The summed E-state index contributed by atoms with van der Waals surface area (Å²) < 4.78 is 41.2. The van der Waals surface area contributed by atoms with Gasteiger partial charge in [-0.05, 0) is 0 Å². The van der Waals surface area contributed by atoms with E-state index in [1.807, 2.05) is 0 Å². The van der Waals surface area contributed by atoms with Gasteiger partial charge in [0.15, 0.2) is 0 Å². The number of rotatable bonds is 5. The van der Waals surface area contributed by atoms with E-state index in [0.29, 0.717) is 0 Å². The second-order valence-corrected chi connectivity index (χ2v) is 4.90. The fraction of sp³-hybridized carbons (Fsp3) is 0.444. The fourth-order valence-corrected chi connectivity index (χ4v) is 1.56. The van der Waals surface area contributed by atoms with E-state index in [0.717, 1.165) is 30.0 Å². The van der Waals surface area contributed by atoms with Crippen molar-refractivity contribution in [1.29, 1.82) is 0 Å². The van der Waals surface area contributed by atoms with Crippen LogP contribution in [0.4, 0.5) is 13.2 Å². The van der Waals surface area contributed by atoms with E-state index in [1.54, 1.807) is 0 Å². The quantitative estimate of drug-likeness (QED) is 0.375. The van der Waals surface area contributed by atoms with Gasteiger partial charge in [-0.15, -0.1) is 11.6 Å². The van der Waals surface area contributed by atoms with Crippen molar-refractivity contribution in [2.75, 3.05) is 7.11 Å². The average Bonchev–Trinajstić information content (AvgIpc) is 2.52. The SMILES string of the molecule is COc1cc(C(F)(F)F)ccc1[C-]=O.C[CH-]C(C)C(C)[CH-]C.[CH3-].[W+2].[W+2].[W]. The van der Waals surface area contributed by atoms with Crippen LogP contribution < -0.4 is 4.74 Å². The summed E-state index contributed by atoms with van der Waals surface area (Å²) in [6.45, 7) is 8.71. The predicted molar refractivity (Wildman–Crippen MR) is 87.5 cm³/mol. The molecule has 0 saturated carbocycles. The first-order chi connectivity index (χ1) is 10.2. The zero-order valence-corrected chi connectivity index (χ0v) is 24.5. The maximum atomic E-state index is 12.2. The molecule has 2 nitrogen and oxygen atoms in total. The van der Waals surface area contributed by atoms with E-state index in [1.165, 1.54) is 13.4 Å². The smallest absolute Gasteiger partial charge is 0.553 e. The van der Waals surface area contributed by atoms with E-state index in [9.17, 15) is 18.0 Å². The second kappa shape index (κ2) is 18.9. The number of alkyl halides is 3. The summed E-state index contributed by atoms with van der Waals surface area (Å²) in [5, 5.41) is 0. The minimum absolute atomic E-state index is 0. The van der Waals surface area contributed by atoms with Gasteiger partial charge in [0.05, 0.1) is 13.4 Å². The molecule has 8 heteroatoms. The molecule has 0 spiro atoms. The van der Waals surface area contributed by atoms with Crippen LogP contribution in [0.1, 0.15) is 38.8 Å². The van der Waals surface area contributed by atoms with Gasteiger partial charge in [0.2, 0.25) is 0 Å². The van der Waals surface area contributed by atoms with E-state index in [4.69, 9.17) is 0 Å². The van der Waals surface area contributed by atoms with Crippen molar-refractivity contribution >= 4 is 6.29 Å². The van der Waals surface area contributed by atoms with Crippen LogP contribution in [0.15, 0.2) is 18.2 Å². The van der Waals surface area contributed by atoms with Crippen LogP contribution in [0.3, 0.4) is 0 Å². The van der Waals surface area contributed by atoms with E-state index >= 15 is 0 Å². The number of ether oxygens (including phenoxy) is 1. The molecule has 0 aliphatic heterocycles. The molecule has 2 atom stereocenters. The molecule has 0 radical (unpaired) electrons. The Labute approximate surface area is 199 Å². The molecular weight excluding hydrogens is 857 g/mol. The zero-order valence-electron chi connectivity index (χ0n) is 15.7. The molecule has 1 rings (SSSR count). The van der Waals surface area contributed by atoms with Crippen molar-refractivity contribution in [3.8, 4) is 5.75 Å². The molecule has 0 heterocycles. The van der Waals surface area contributed by atoms with Crippen molar-refractivity contribution < 1.29 is 85.9 Å². The summed E-state index contributed by atoms with van der Waals surface area (Å²) in [4.78, 5) is 10.3. The summed E-state index contributed by atoms with van der Waals surface area (Å²) in [5.74, 6) is 1.34. The number of benzene rings is 1. The van der Waals surface area contributed by atoms with Gasteiger partial charge in [0, 0.05) is 32.4 Å². The first-order valence-electron chi connectivity index (χ1n) is 6.93. The minimum atomic E-state index is -4.44. The Kier molecular flexibility index (Phi) is 27.1. The van der Waals surface area contributed by atoms with Crippen LogP contribution in [0.5, 0.6) is 5.75 Å². The van der Waals surface area contributed by atoms with Crippen LogP contribution in [0.25, 0.3) is 0 Å². The first kappa shape index (κ1) is 37.3. The van der Waals surface area contributed by atoms with Gasteiger partial charge >= 0.3 is 48.3 Å². The van der Waals surface area contributed by atoms with Crippen molar-refractivity contribution in [1.82, 2.24) is 0 Å². The Balaban J connectivity index is -0.000000109. The van der Waals surface area contributed by atoms with Crippen molar-refractivity contribution in [2.24, 2.45) is 11.8 Å². The third kappa shape index (κ3) is 13.7. The van der Waals surface area contributed by atoms with Gasteiger partial charge in [-0.25, -0.2) is 0 Å². The molecule has 0 fully saturated rings. The van der Waals surface area contributed by atoms with Gasteiger partial charge < -0.3 is 29.8 Å². The number of methoxy groups -OCH3 is 1. The van der Waals surface area contributed by atoms with Crippen LogP contribution in [-0.2, 0) is 74.2 Å². The Bertz CT molecular complexity index is 461. The maximum Gasteiger partial charge on any atom is 2.00 e. The maximum absolute atomic E-state index is 12.2. The largest absolute Gasteiger partial charge is 2.00 e. The fourth-order valence-electron chi connectivity index (χ4n) is 1.56. The monoisotopic (exact) mass is 882 g/mol. The van der Waals surface area contributed by atoms with E-state index in [-0.39, 0.29) is 81.9 Å².